The van der Waals surface area contributed by atoms with Crippen molar-refractivity contribution in [2.24, 2.45) is 0 Å². The zero-order chi connectivity index (χ0) is 12.0. The molecule has 0 aliphatic carbocycles. The van der Waals surface area contributed by atoms with Crippen molar-refractivity contribution in [1.29, 1.82) is 0 Å². The topological polar surface area (TPSA) is 52.4 Å². The van der Waals surface area contributed by atoms with Gasteiger partial charge in [-0.1, -0.05) is 35.9 Å². The van der Waals surface area contributed by atoms with Gasteiger partial charge >= 0.3 is 0 Å². The molecule has 0 aromatic heterocycles. The molecular formula is C12H15NO3. The van der Waals surface area contributed by atoms with Crippen molar-refractivity contribution < 1.29 is 9.66 Å². The quantitative estimate of drug-likeness (QED) is 0.421. The molecule has 0 spiro atoms. The molecule has 0 saturated heterocycles. The van der Waals surface area contributed by atoms with Crippen molar-refractivity contribution in [2.45, 2.75) is 13.0 Å². The smallest absolute Gasteiger partial charge is 0.233 e. The predicted molar refractivity (Wildman–Crippen MR) is 61.9 cm³/mol. The van der Waals surface area contributed by atoms with E-state index in [-0.39, 0.29) is 11.5 Å². The highest BCUT2D eigenvalue weighted by molar-refractivity contribution is 5.23. The van der Waals surface area contributed by atoms with E-state index in [1.54, 1.807) is 6.08 Å². The van der Waals surface area contributed by atoms with Crippen molar-refractivity contribution in [3.63, 3.8) is 0 Å². The summed E-state index contributed by atoms with van der Waals surface area (Å²) in [7, 11) is 0. The van der Waals surface area contributed by atoms with E-state index in [1.165, 1.54) is 0 Å². The number of hydrogen-bond donors (Lipinski definition) is 0. The molecule has 0 radical (unpaired) electrons. The molecular weight excluding hydrogens is 206 g/mol. The summed E-state index contributed by atoms with van der Waals surface area (Å²) in [5.41, 5.74) is 1.94. The highest BCUT2D eigenvalue weighted by atomic mass is 16.6. The fraction of sp³-hybridized carbons (Fsp3) is 0.333. The lowest BCUT2D eigenvalue weighted by atomic mass is 10.1. The molecule has 0 aliphatic rings. The van der Waals surface area contributed by atoms with Gasteiger partial charge in [-0.25, -0.2) is 0 Å². The highest BCUT2D eigenvalue weighted by Gasteiger charge is 2.17. The van der Waals surface area contributed by atoms with Gasteiger partial charge in [0.25, 0.3) is 0 Å². The third kappa shape index (κ3) is 3.82. The number of rotatable bonds is 6. The van der Waals surface area contributed by atoms with Crippen molar-refractivity contribution in [1.82, 2.24) is 0 Å². The van der Waals surface area contributed by atoms with Crippen LogP contribution in [0.2, 0.25) is 0 Å². The Morgan fingerprint density at radius 1 is 1.50 bits per heavy atom. The van der Waals surface area contributed by atoms with Crippen LogP contribution < -0.4 is 0 Å². The van der Waals surface area contributed by atoms with Crippen molar-refractivity contribution in [3.8, 4) is 0 Å². The molecule has 1 aromatic carbocycles. The summed E-state index contributed by atoms with van der Waals surface area (Å²) in [5.74, 6) is 0. The third-order valence-corrected chi connectivity index (χ3v) is 2.18. The number of nitrogens with zero attached hydrogens (tertiary/aromatic N) is 1. The first-order valence-corrected chi connectivity index (χ1v) is 5.04. The van der Waals surface area contributed by atoms with E-state index >= 15 is 0 Å². The first kappa shape index (κ1) is 12.4. The fourth-order valence-electron chi connectivity index (χ4n) is 1.36. The average Bonchev–Trinajstić information content (AvgIpc) is 2.25. The molecule has 0 heterocycles. The van der Waals surface area contributed by atoms with Crippen LogP contribution in [0.15, 0.2) is 36.9 Å². The molecule has 0 N–H and O–H groups in total. The van der Waals surface area contributed by atoms with Crippen LogP contribution in [0.5, 0.6) is 0 Å². The van der Waals surface area contributed by atoms with Crippen molar-refractivity contribution in [3.05, 3.63) is 58.2 Å². The molecule has 4 nitrogen and oxygen atoms in total. The maximum Gasteiger partial charge on any atom is 0.233 e. The maximum atomic E-state index is 10.5. The van der Waals surface area contributed by atoms with E-state index in [2.05, 4.69) is 6.58 Å². The number of benzene rings is 1. The van der Waals surface area contributed by atoms with Crippen LogP contribution in [-0.4, -0.2) is 18.1 Å². The largest absolute Gasteiger partial charge is 0.363 e. The normalized spacial score (nSPS) is 12.1. The standard InChI is InChI=1S/C12H15NO3/c1-3-8-16-12(9-13(14)15)11-6-4-10(2)5-7-11/h3-7,12H,1,8-9H2,2H3. The van der Waals surface area contributed by atoms with Gasteiger partial charge in [0.1, 0.15) is 6.10 Å². The Balaban J connectivity index is 2.77. The summed E-state index contributed by atoms with van der Waals surface area (Å²) < 4.78 is 5.37. The zero-order valence-electron chi connectivity index (χ0n) is 9.26. The first-order valence-electron chi connectivity index (χ1n) is 5.04. The molecule has 4 heteroatoms. The van der Waals surface area contributed by atoms with Gasteiger partial charge in [0.2, 0.25) is 6.54 Å². The molecule has 1 unspecified atom stereocenters. The molecule has 0 saturated carbocycles. The predicted octanol–water partition coefficient (Wildman–Crippen LogP) is 2.52. The summed E-state index contributed by atoms with van der Waals surface area (Å²) in [6, 6.07) is 7.54. The Hall–Kier alpha value is -1.68. The SMILES string of the molecule is C=CCOC(C[N+](=O)[O-])c1ccc(C)cc1. The summed E-state index contributed by atoms with van der Waals surface area (Å²) in [6.07, 6.45) is 1.08. The number of nitro groups is 1. The Morgan fingerprint density at radius 3 is 2.62 bits per heavy atom. The molecule has 1 rings (SSSR count). The van der Waals surface area contributed by atoms with Gasteiger partial charge in [0, 0.05) is 4.92 Å². The van der Waals surface area contributed by atoms with Crippen LogP contribution in [0.1, 0.15) is 17.2 Å². The van der Waals surface area contributed by atoms with Gasteiger partial charge in [-0.3, -0.25) is 10.1 Å². The second kappa shape index (κ2) is 6.02. The van der Waals surface area contributed by atoms with E-state index in [0.29, 0.717) is 6.61 Å². The number of ether oxygens (including phenoxy) is 1. The monoisotopic (exact) mass is 221 g/mol. The van der Waals surface area contributed by atoms with Gasteiger partial charge < -0.3 is 4.74 Å². The minimum atomic E-state index is -0.506. The van der Waals surface area contributed by atoms with Crippen molar-refractivity contribution in [2.75, 3.05) is 13.2 Å². The minimum Gasteiger partial charge on any atom is -0.363 e. The molecule has 0 bridgehead atoms. The van der Waals surface area contributed by atoms with E-state index in [1.807, 2.05) is 31.2 Å². The lowest BCUT2D eigenvalue weighted by Gasteiger charge is -2.13. The van der Waals surface area contributed by atoms with Crippen LogP contribution in [-0.2, 0) is 4.74 Å². The van der Waals surface area contributed by atoms with Crippen LogP contribution in [0, 0.1) is 17.0 Å². The Morgan fingerprint density at radius 2 is 2.12 bits per heavy atom. The molecule has 0 aliphatic heterocycles. The van der Waals surface area contributed by atoms with E-state index in [0.717, 1.165) is 11.1 Å². The van der Waals surface area contributed by atoms with Gasteiger partial charge in [0.05, 0.1) is 6.61 Å². The molecule has 0 fully saturated rings. The molecule has 0 amide bonds. The van der Waals surface area contributed by atoms with Crippen molar-refractivity contribution >= 4 is 0 Å². The van der Waals surface area contributed by atoms with Crippen LogP contribution in [0.3, 0.4) is 0 Å². The van der Waals surface area contributed by atoms with Crippen LogP contribution >= 0.6 is 0 Å². The average molecular weight is 221 g/mol. The fourth-order valence-corrected chi connectivity index (χ4v) is 1.36. The highest BCUT2D eigenvalue weighted by Crippen LogP contribution is 2.18. The van der Waals surface area contributed by atoms with Gasteiger partial charge in [-0.05, 0) is 12.5 Å². The third-order valence-electron chi connectivity index (χ3n) is 2.18. The number of hydrogen-bond acceptors (Lipinski definition) is 3. The lowest BCUT2D eigenvalue weighted by molar-refractivity contribution is -0.492. The molecule has 1 aromatic rings. The molecule has 16 heavy (non-hydrogen) atoms. The Kier molecular flexibility index (Phi) is 4.66. The summed E-state index contributed by atoms with van der Waals surface area (Å²) in [6.45, 7) is 5.58. The second-order valence-corrected chi connectivity index (χ2v) is 3.54. The Bertz CT molecular complexity index is 359. The van der Waals surface area contributed by atoms with Crippen LogP contribution in [0.4, 0.5) is 0 Å². The van der Waals surface area contributed by atoms with Gasteiger partial charge in [-0.15, -0.1) is 6.58 Å². The maximum absolute atomic E-state index is 10.5. The zero-order valence-corrected chi connectivity index (χ0v) is 9.26. The van der Waals surface area contributed by atoms with E-state index < -0.39 is 6.10 Å². The minimum absolute atomic E-state index is 0.225. The molecule has 86 valence electrons. The second-order valence-electron chi connectivity index (χ2n) is 3.54. The van der Waals surface area contributed by atoms with E-state index in [9.17, 15) is 10.1 Å². The van der Waals surface area contributed by atoms with Gasteiger partial charge in [-0.2, -0.15) is 0 Å². The van der Waals surface area contributed by atoms with Gasteiger partial charge in [0.15, 0.2) is 0 Å². The number of aryl methyl sites for hydroxylation is 1. The summed E-state index contributed by atoms with van der Waals surface area (Å²) in [4.78, 5) is 10.1. The van der Waals surface area contributed by atoms with Crippen LogP contribution in [0.25, 0.3) is 0 Å². The Labute approximate surface area is 94.7 Å². The van der Waals surface area contributed by atoms with E-state index in [4.69, 9.17) is 4.74 Å². The lowest BCUT2D eigenvalue weighted by Crippen LogP contribution is -2.15. The first-order chi connectivity index (χ1) is 7.63. The summed E-state index contributed by atoms with van der Waals surface area (Å²) in [5, 5.41) is 10.5. The summed E-state index contributed by atoms with van der Waals surface area (Å²) >= 11 is 0. The molecule has 1 atom stereocenters.